The quantitative estimate of drug-likeness (QED) is 0.187. The lowest BCUT2D eigenvalue weighted by Crippen LogP contribution is -1.96. The van der Waals surface area contributed by atoms with Crippen molar-refractivity contribution in [2.75, 3.05) is 0 Å². The van der Waals surface area contributed by atoms with Crippen LogP contribution in [0.3, 0.4) is 0 Å². The number of hydrogen-bond donors (Lipinski definition) is 0. The van der Waals surface area contributed by atoms with E-state index in [0.29, 0.717) is 6.42 Å². The van der Waals surface area contributed by atoms with Crippen molar-refractivity contribution in [1.29, 1.82) is 0 Å². The molecule has 0 amide bonds. The normalized spacial score (nSPS) is 10.7. The lowest BCUT2D eigenvalue weighted by molar-refractivity contribution is 0.748. The summed E-state index contributed by atoms with van der Waals surface area (Å²) in [5.41, 5.74) is 8.00. The van der Waals surface area contributed by atoms with Crippen LogP contribution in [0.15, 0.2) is 17.8 Å². The molecule has 1 atom stereocenters. The van der Waals surface area contributed by atoms with E-state index in [4.69, 9.17) is 12.0 Å². The van der Waals surface area contributed by atoms with Crippen molar-refractivity contribution in [3.63, 3.8) is 0 Å². The van der Waals surface area contributed by atoms with Gasteiger partial charge in [-0.1, -0.05) is 17.1 Å². The molecule has 0 aliphatic heterocycles. The summed E-state index contributed by atoms with van der Waals surface area (Å²) in [5.74, 6) is 2.37. The van der Waals surface area contributed by atoms with Crippen molar-refractivity contribution in [2.45, 2.75) is 18.9 Å². The Balaban J connectivity index is 3.74. The Morgan fingerprint density at radius 1 is 1.90 bits per heavy atom. The minimum Gasteiger partial charge on any atom is -0.120 e. The van der Waals surface area contributed by atoms with E-state index in [1.54, 1.807) is 6.08 Å². The fourth-order valence-corrected chi connectivity index (χ4v) is 0.512. The first-order valence-electron chi connectivity index (χ1n) is 2.96. The number of hydrogen-bond acceptors (Lipinski definition) is 1. The summed E-state index contributed by atoms with van der Waals surface area (Å²) in [7, 11) is 0. The molecule has 0 aromatic heterocycles. The fourth-order valence-electron chi connectivity index (χ4n) is 0.512. The van der Waals surface area contributed by atoms with Crippen LogP contribution in [0.25, 0.3) is 10.4 Å². The van der Waals surface area contributed by atoms with Crippen LogP contribution < -0.4 is 0 Å². The Bertz CT molecular complexity index is 184. The molecule has 3 heteroatoms. The van der Waals surface area contributed by atoms with Gasteiger partial charge in [0.25, 0.3) is 0 Å². The van der Waals surface area contributed by atoms with E-state index in [1.807, 2.05) is 0 Å². The van der Waals surface area contributed by atoms with E-state index in [1.165, 1.54) is 0 Å². The molecule has 0 bridgehead atoms. The summed E-state index contributed by atoms with van der Waals surface area (Å²) in [5, 5.41) is 3.38. The molecule has 0 aliphatic rings. The number of rotatable bonds is 4. The molecule has 52 valence electrons. The summed E-state index contributed by atoms with van der Waals surface area (Å²) >= 11 is 0. The Morgan fingerprint density at radius 3 is 3.00 bits per heavy atom. The predicted molar refractivity (Wildman–Crippen MR) is 41.2 cm³/mol. The van der Waals surface area contributed by atoms with Gasteiger partial charge in [-0.2, -0.15) is 0 Å². The molecular formula is C7H9N3. The van der Waals surface area contributed by atoms with Crippen LogP contribution in [0.4, 0.5) is 0 Å². The molecule has 0 saturated carbocycles. The molecule has 0 heterocycles. The van der Waals surface area contributed by atoms with E-state index >= 15 is 0 Å². The van der Waals surface area contributed by atoms with E-state index in [0.717, 1.165) is 6.42 Å². The van der Waals surface area contributed by atoms with Gasteiger partial charge in [0.15, 0.2) is 0 Å². The van der Waals surface area contributed by atoms with Gasteiger partial charge in [-0.15, -0.1) is 13.0 Å². The number of azide groups is 1. The second-order valence-corrected chi connectivity index (χ2v) is 1.75. The van der Waals surface area contributed by atoms with E-state index in [-0.39, 0.29) is 6.04 Å². The van der Waals surface area contributed by atoms with Crippen molar-refractivity contribution in [3.8, 4) is 12.3 Å². The molecule has 0 N–H and O–H groups in total. The standard InChI is InChI=1S/C7H9N3/c1-3-5-6-7(4-2)9-10-8/h2-3,7H,1,5-6H2. The molecule has 0 aromatic carbocycles. The predicted octanol–water partition coefficient (Wildman–Crippen LogP) is 2.26. The average Bonchev–Trinajstić information content (AvgIpc) is 1.98. The SMILES string of the molecule is C#CC(CCC=C)N=[N+]=[N-]. The molecule has 0 aliphatic carbocycles. The maximum absolute atomic E-state index is 8.00. The van der Waals surface area contributed by atoms with Crippen LogP contribution >= 0.6 is 0 Å². The first-order valence-corrected chi connectivity index (χ1v) is 2.96. The van der Waals surface area contributed by atoms with E-state index in [2.05, 4.69) is 22.5 Å². The first-order chi connectivity index (χ1) is 4.85. The Morgan fingerprint density at radius 2 is 2.60 bits per heavy atom. The van der Waals surface area contributed by atoms with Gasteiger partial charge in [0.2, 0.25) is 0 Å². The highest BCUT2D eigenvalue weighted by Crippen LogP contribution is 2.00. The summed E-state index contributed by atoms with van der Waals surface area (Å²) in [6, 6.07) is -0.317. The lowest BCUT2D eigenvalue weighted by Gasteiger charge is -1.97. The zero-order valence-electron chi connectivity index (χ0n) is 5.70. The van der Waals surface area contributed by atoms with Gasteiger partial charge in [-0.05, 0) is 18.4 Å². The van der Waals surface area contributed by atoms with Crippen LogP contribution in [0.2, 0.25) is 0 Å². The van der Waals surface area contributed by atoms with Crippen LogP contribution in [-0.4, -0.2) is 6.04 Å². The second kappa shape index (κ2) is 5.74. The third-order valence-electron chi connectivity index (χ3n) is 1.03. The summed E-state index contributed by atoms with van der Waals surface area (Å²) in [6.07, 6.45) is 8.27. The third kappa shape index (κ3) is 3.59. The molecule has 3 nitrogen and oxygen atoms in total. The summed E-state index contributed by atoms with van der Waals surface area (Å²) in [4.78, 5) is 2.61. The molecular weight excluding hydrogens is 126 g/mol. The maximum atomic E-state index is 8.00. The van der Waals surface area contributed by atoms with Gasteiger partial charge in [-0.25, -0.2) is 0 Å². The van der Waals surface area contributed by atoms with Gasteiger partial charge in [-0.3, -0.25) is 0 Å². The highest BCUT2D eigenvalue weighted by atomic mass is 15.1. The van der Waals surface area contributed by atoms with Gasteiger partial charge < -0.3 is 0 Å². The molecule has 0 radical (unpaired) electrons. The van der Waals surface area contributed by atoms with Crippen LogP contribution in [0.5, 0.6) is 0 Å². The molecule has 0 aromatic rings. The van der Waals surface area contributed by atoms with Crippen molar-refractivity contribution < 1.29 is 0 Å². The minimum atomic E-state index is -0.317. The van der Waals surface area contributed by atoms with Gasteiger partial charge >= 0.3 is 0 Å². The van der Waals surface area contributed by atoms with E-state index in [9.17, 15) is 0 Å². The Hall–Kier alpha value is -1.39. The number of terminal acetylenes is 1. The highest BCUT2D eigenvalue weighted by Gasteiger charge is 1.97. The van der Waals surface area contributed by atoms with Gasteiger partial charge in [0.05, 0.1) is 6.04 Å². The molecule has 10 heavy (non-hydrogen) atoms. The Kier molecular flexibility index (Phi) is 4.94. The smallest absolute Gasteiger partial charge is 0.0988 e. The number of nitrogens with zero attached hydrogens (tertiary/aromatic N) is 3. The summed E-state index contributed by atoms with van der Waals surface area (Å²) < 4.78 is 0. The minimum absolute atomic E-state index is 0.317. The molecule has 0 rings (SSSR count). The zero-order chi connectivity index (χ0) is 7.82. The van der Waals surface area contributed by atoms with Crippen molar-refractivity contribution in [3.05, 3.63) is 23.1 Å². The maximum Gasteiger partial charge on any atom is 0.0988 e. The molecule has 0 spiro atoms. The van der Waals surface area contributed by atoms with Crippen molar-refractivity contribution in [1.82, 2.24) is 0 Å². The van der Waals surface area contributed by atoms with Crippen molar-refractivity contribution in [2.24, 2.45) is 5.11 Å². The first kappa shape index (κ1) is 8.61. The van der Waals surface area contributed by atoms with Gasteiger partial charge in [0.1, 0.15) is 0 Å². The van der Waals surface area contributed by atoms with Crippen LogP contribution in [-0.2, 0) is 0 Å². The average molecular weight is 135 g/mol. The van der Waals surface area contributed by atoms with Crippen LogP contribution in [0, 0.1) is 12.3 Å². The zero-order valence-corrected chi connectivity index (χ0v) is 5.70. The monoisotopic (exact) mass is 135 g/mol. The Labute approximate surface area is 60.4 Å². The topological polar surface area (TPSA) is 48.8 Å². The van der Waals surface area contributed by atoms with Crippen LogP contribution in [0.1, 0.15) is 12.8 Å². The van der Waals surface area contributed by atoms with E-state index < -0.39 is 0 Å². The summed E-state index contributed by atoms with van der Waals surface area (Å²) in [6.45, 7) is 3.52. The molecule has 1 unspecified atom stereocenters. The fraction of sp³-hybridized carbons (Fsp3) is 0.429. The number of allylic oxidation sites excluding steroid dienone is 1. The molecule has 0 saturated heterocycles. The van der Waals surface area contributed by atoms with Crippen molar-refractivity contribution >= 4 is 0 Å². The largest absolute Gasteiger partial charge is 0.120 e. The van der Waals surface area contributed by atoms with Gasteiger partial charge in [0, 0.05) is 4.91 Å². The second-order valence-electron chi connectivity index (χ2n) is 1.75. The highest BCUT2D eigenvalue weighted by molar-refractivity contribution is 4.99. The lowest BCUT2D eigenvalue weighted by atomic mass is 10.2. The molecule has 0 fully saturated rings. The third-order valence-corrected chi connectivity index (χ3v) is 1.03.